The van der Waals surface area contributed by atoms with E-state index in [1.165, 1.54) is 18.2 Å². The molecule has 2 aromatic carbocycles. The fraction of sp³-hybridized carbons (Fsp3) is 0.176. The first kappa shape index (κ1) is 15.7. The second-order valence-electron chi connectivity index (χ2n) is 5.04. The van der Waals surface area contributed by atoms with E-state index in [0.29, 0.717) is 0 Å². The highest BCUT2D eigenvalue weighted by Gasteiger charge is 2.21. The quantitative estimate of drug-likeness (QED) is 0.886. The molecule has 0 saturated heterocycles. The lowest BCUT2D eigenvalue weighted by Gasteiger charge is -2.17. The summed E-state index contributed by atoms with van der Waals surface area (Å²) in [6.07, 6.45) is 0.266. The van der Waals surface area contributed by atoms with E-state index < -0.39 is 23.7 Å². The van der Waals surface area contributed by atoms with Crippen LogP contribution in [0.2, 0.25) is 0 Å². The van der Waals surface area contributed by atoms with Crippen molar-refractivity contribution in [3.05, 3.63) is 71.0 Å². The zero-order valence-corrected chi connectivity index (χ0v) is 12.2. The number of carbonyl (C=O) groups is 2. The minimum atomic E-state index is -0.895. The Morgan fingerprint density at radius 3 is 2.41 bits per heavy atom. The van der Waals surface area contributed by atoms with Crippen LogP contribution in [0.1, 0.15) is 21.5 Å². The van der Waals surface area contributed by atoms with Crippen molar-refractivity contribution in [3.63, 3.8) is 0 Å². The number of hydrogen-bond acceptors (Lipinski definition) is 2. The van der Waals surface area contributed by atoms with Gasteiger partial charge in [-0.2, -0.15) is 0 Å². The molecular formula is C17H17FN2O2. The first-order valence-corrected chi connectivity index (χ1v) is 6.88. The van der Waals surface area contributed by atoms with E-state index >= 15 is 0 Å². The molecule has 1 atom stereocenters. The van der Waals surface area contributed by atoms with Gasteiger partial charge in [-0.05, 0) is 30.2 Å². The third-order valence-electron chi connectivity index (χ3n) is 3.45. The molecule has 0 bridgehead atoms. The van der Waals surface area contributed by atoms with Crippen molar-refractivity contribution >= 4 is 11.8 Å². The Labute approximate surface area is 128 Å². The lowest BCUT2D eigenvalue weighted by atomic mass is 10.0. The van der Waals surface area contributed by atoms with Crippen LogP contribution in [-0.2, 0) is 11.2 Å². The molecule has 4 nitrogen and oxygen atoms in total. The minimum Gasteiger partial charge on any atom is -0.368 e. The Morgan fingerprint density at radius 1 is 1.14 bits per heavy atom. The predicted molar refractivity (Wildman–Crippen MR) is 81.7 cm³/mol. The number of aryl methyl sites for hydroxylation is 1. The standard InChI is InChI=1S/C17H17FN2O2/c1-11-6-2-3-7-12(11)10-15(16(19)21)20-17(22)13-8-4-5-9-14(13)18/h2-9,15H,10H2,1H3,(H2,19,21)(H,20,22)/t15-/m0/s1. The molecule has 2 amide bonds. The Kier molecular flexibility index (Phi) is 4.88. The number of amides is 2. The Bertz CT molecular complexity index is 701. The summed E-state index contributed by atoms with van der Waals surface area (Å²) in [6, 6.07) is 12.2. The van der Waals surface area contributed by atoms with Gasteiger partial charge in [-0.3, -0.25) is 9.59 Å². The van der Waals surface area contributed by atoms with Crippen molar-refractivity contribution in [1.82, 2.24) is 5.32 Å². The topological polar surface area (TPSA) is 72.2 Å². The van der Waals surface area contributed by atoms with Crippen molar-refractivity contribution < 1.29 is 14.0 Å². The highest BCUT2D eigenvalue weighted by molar-refractivity contribution is 5.97. The normalized spacial score (nSPS) is 11.7. The summed E-state index contributed by atoms with van der Waals surface area (Å²) in [6.45, 7) is 1.91. The molecule has 0 fully saturated rings. The Balaban J connectivity index is 2.16. The summed E-state index contributed by atoms with van der Waals surface area (Å²) >= 11 is 0. The van der Waals surface area contributed by atoms with Gasteiger partial charge in [0.25, 0.3) is 5.91 Å². The molecule has 22 heavy (non-hydrogen) atoms. The molecule has 0 aliphatic rings. The summed E-state index contributed by atoms with van der Waals surface area (Å²) in [4.78, 5) is 23.7. The van der Waals surface area contributed by atoms with Crippen LogP contribution < -0.4 is 11.1 Å². The highest BCUT2D eigenvalue weighted by Crippen LogP contribution is 2.11. The maximum Gasteiger partial charge on any atom is 0.254 e. The smallest absolute Gasteiger partial charge is 0.254 e. The van der Waals surface area contributed by atoms with Gasteiger partial charge in [-0.25, -0.2) is 4.39 Å². The van der Waals surface area contributed by atoms with Gasteiger partial charge in [0, 0.05) is 6.42 Å². The molecule has 0 aliphatic heterocycles. The van der Waals surface area contributed by atoms with E-state index in [1.807, 2.05) is 31.2 Å². The van der Waals surface area contributed by atoms with Crippen molar-refractivity contribution in [2.75, 3.05) is 0 Å². The minimum absolute atomic E-state index is 0.112. The summed E-state index contributed by atoms with van der Waals surface area (Å²) < 4.78 is 13.6. The van der Waals surface area contributed by atoms with Crippen LogP contribution >= 0.6 is 0 Å². The zero-order valence-electron chi connectivity index (χ0n) is 12.2. The SMILES string of the molecule is Cc1ccccc1C[C@H](NC(=O)c1ccccc1F)C(N)=O. The first-order chi connectivity index (χ1) is 10.5. The molecule has 0 unspecified atom stereocenters. The van der Waals surface area contributed by atoms with Crippen LogP contribution in [0.15, 0.2) is 48.5 Å². The molecule has 0 aromatic heterocycles. The van der Waals surface area contributed by atoms with Gasteiger partial charge in [0.2, 0.25) is 5.91 Å². The fourth-order valence-electron chi connectivity index (χ4n) is 2.16. The van der Waals surface area contributed by atoms with E-state index in [4.69, 9.17) is 5.73 Å². The van der Waals surface area contributed by atoms with Crippen LogP contribution in [0.25, 0.3) is 0 Å². The molecular weight excluding hydrogens is 283 g/mol. The van der Waals surface area contributed by atoms with Gasteiger partial charge in [0.15, 0.2) is 0 Å². The van der Waals surface area contributed by atoms with Crippen molar-refractivity contribution in [2.45, 2.75) is 19.4 Å². The Morgan fingerprint density at radius 2 is 1.77 bits per heavy atom. The summed E-state index contributed by atoms with van der Waals surface area (Å²) in [5.41, 5.74) is 7.14. The fourth-order valence-corrected chi connectivity index (χ4v) is 2.16. The van der Waals surface area contributed by atoms with Crippen LogP contribution in [0.4, 0.5) is 4.39 Å². The van der Waals surface area contributed by atoms with Gasteiger partial charge < -0.3 is 11.1 Å². The predicted octanol–water partition coefficient (Wildman–Crippen LogP) is 1.96. The largest absolute Gasteiger partial charge is 0.368 e. The number of halogens is 1. The molecule has 0 heterocycles. The van der Waals surface area contributed by atoms with Gasteiger partial charge >= 0.3 is 0 Å². The molecule has 2 rings (SSSR count). The van der Waals surface area contributed by atoms with Gasteiger partial charge in [0.05, 0.1) is 5.56 Å². The Hall–Kier alpha value is -2.69. The molecule has 0 aliphatic carbocycles. The van der Waals surface area contributed by atoms with E-state index in [2.05, 4.69) is 5.32 Å². The van der Waals surface area contributed by atoms with Crippen LogP contribution in [0.5, 0.6) is 0 Å². The monoisotopic (exact) mass is 300 g/mol. The van der Waals surface area contributed by atoms with E-state index in [1.54, 1.807) is 6.07 Å². The average molecular weight is 300 g/mol. The molecule has 0 spiro atoms. The molecule has 0 saturated carbocycles. The van der Waals surface area contributed by atoms with Crippen molar-refractivity contribution in [3.8, 4) is 0 Å². The van der Waals surface area contributed by atoms with Crippen LogP contribution in [0.3, 0.4) is 0 Å². The van der Waals surface area contributed by atoms with Gasteiger partial charge in [-0.1, -0.05) is 36.4 Å². The maximum absolute atomic E-state index is 13.6. The molecule has 5 heteroatoms. The van der Waals surface area contributed by atoms with E-state index in [9.17, 15) is 14.0 Å². The molecule has 3 N–H and O–H groups in total. The van der Waals surface area contributed by atoms with E-state index in [0.717, 1.165) is 11.1 Å². The summed E-state index contributed by atoms with van der Waals surface area (Å²) in [5, 5.41) is 2.50. The van der Waals surface area contributed by atoms with Gasteiger partial charge in [-0.15, -0.1) is 0 Å². The highest BCUT2D eigenvalue weighted by atomic mass is 19.1. The average Bonchev–Trinajstić information content (AvgIpc) is 2.49. The number of carbonyl (C=O) groups excluding carboxylic acids is 2. The third-order valence-corrected chi connectivity index (χ3v) is 3.45. The number of hydrogen-bond donors (Lipinski definition) is 2. The maximum atomic E-state index is 13.6. The molecule has 2 aromatic rings. The van der Waals surface area contributed by atoms with Crippen molar-refractivity contribution in [2.24, 2.45) is 5.73 Å². The number of rotatable bonds is 5. The summed E-state index contributed by atoms with van der Waals surface area (Å²) in [5.74, 6) is -1.96. The second kappa shape index (κ2) is 6.85. The molecule has 0 radical (unpaired) electrons. The third kappa shape index (κ3) is 3.69. The van der Waals surface area contributed by atoms with E-state index in [-0.39, 0.29) is 12.0 Å². The number of primary amides is 1. The van der Waals surface area contributed by atoms with Crippen LogP contribution in [0, 0.1) is 12.7 Å². The van der Waals surface area contributed by atoms with Gasteiger partial charge in [0.1, 0.15) is 11.9 Å². The zero-order chi connectivity index (χ0) is 16.1. The lowest BCUT2D eigenvalue weighted by molar-refractivity contribution is -0.119. The second-order valence-corrected chi connectivity index (χ2v) is 5.04. The molecule has 114 valence electrons. The summed E-state index contributed by atoms with van der Waals surface area (Å²) in [7, 11) is 0. The number of nitrogens with two attached hydrogens (primary N) is 1. The van der Waals surface area contributed by atoms with Crippen LogP contribution in [-0.4, -0.2) is 17.9 Å². The van der Waals surface area contributed by atoms with Crippen molar-refractivity contribution in [1.29, 1.82) is 0 Å². The number of benzene rings is 2. The lowest BCUT2D eigenvalue weighted by Crippen LogP contribution is -2.46. The number of nitrogens with one attached hydrogen (secondary N) is 1. The first-order valence-electron chi connectivity index (χ1n) is 6.88.